The maximum absolute atomic E-state index is 12.0. The molecule has 0 radical (unpaired) electrons. The number of phenols is 1. The van der Waals surface area contributed by atoms with Crippen molar-refractivity contribution in [1.82, 2.24) is 0 Å². The molecule has 1 N–H and O–H groups in total. The lowest BCUT2D eigenvalue weighted by molar-refractivity contribution is 0.428. The van der Waals surface area contributed by atoms with Crippen molar-refractivity contribution in [2.75, 3.05) is 0 Å². The number of rotatable bonds is 3. The highest BCUT2D eigenvalue weighted by molar-refractivity contribution is 9.10. The van der Waals surface area contributed by atoms with Gasteiger partial charge >= 0.3 is 10.1 Å². The average Bonchev–Trinajstić information content (AvgIpc) is 2.33. The fraction of sp³-hybridized carbons (Fsp3) is 0.0769. The predicted octanol–water partition coefficient (Wildman–Crippen LogP) is 3.23. The first-order chi connectivity index (χ1) is 8.88. The lowest BCUT2D eigenvalue weighted by atomic mass is 10.2. The highest BCUT2D eigenvalue weighted by atomic mass is 79.9. The van der Waals surface area contributed by atoms with Crippen molar-refractivity contribution in [2.45, 2.75) is 11.8 Å². The van der Waals surface area contributed by atoms with Crippen LogP contribution in [0, 0.1) is 6.92 Å². The number of hydrogen-bond donors (Lipinski definition) is 1. The van der Waals surface area contributed by atoms with Crippen LogP contribution >= 0.6 is 15.9 Å². The van der Waals surface area contributed by atoms with E-state index in [1.165, 1.54) is 24.3 Å². The summed E-state index contributed by atoms with van der Waals surface area (Å²) in [5.41, 5.74) is 0.949. The van der Waals surface area contributed by atoms with Crippen LogP contribution in [0.3, 0.4) is 0 Å². The number of aryl methyl sites for hydroxylation is 1. The van der Waals surface area contributed by atoms with Gasteiger partial charge in [-0.1, -0.05) is 33.6 Å². The number of hydrogen-bond acceptors (Lipinski definition) is 4. The Labute approximate surface area is 119 Å². The third kappa shape index (κ3) is 3.27. The van der Waals surface area contributed by atoms with E-state index < -0.39 is 10.1 Å². The molecule has 19 heavy (non-hydrogen) atoms. The molecule has 100 valence electrons. The van der Waals surface area contributed by atoms with Gasteiger partial charge in [0.05, 0.1) is 0 Å². The summed E-state index contributed by atoms with van der Waals surface area (Å²) in [5, 5.41) is 9.63. The van der Waals surface area contributed by atoms with Crippen LogP contribution in [0.25, 0.3) is 0 Å². The normalized spacial score (nSPS) is 11.3. The number of aromatic hydroxyl groups is 1. The van der Waals surface area contributed by atoms with E-state index in [2.05, 4.69) is 15.9 Å². The third-order valence-electron chi connectivity index (χ3n) is 2.43. The topological polar surface area (TPSA) is 63.6 Å². The zero-order valence-electron chi connectivity index (χ0n) is 10.00. The molecule has 0 aromatic heterocycles. The van der Waals surface area contributed by atoms with Gasteiger partial charge in [-0.05, 0) is 37.3 Å². The first kappa shape index (κ1) is 13.9. The van der Waals surface area contributed by atoms with Crippen molar-refractivity contribution in [2.24, 2.45) is 0 Å². The predicted molar refractivity (Wildman–Crippen MR) is 74.8 cm³/mol. The Hall–Kier alpha value is -1.53. The van der Waals surface area contributed by atoms with Crippen LogP contribution < -0.4 is 4.18 Å². The van der Waals surface area contributed by atoms with Gasteiger partial charge in [-0.2, -0.15) is 8.42 Å². The molecule has 0 bridgehead atoms. The largest absolute Gasteiger partial charge is 0.504 e. The molecule has 4 nitrogen and oxygen atoms in total. The zero-order chi connectivity index (χ0) is 14.0. The van der Waals surface area contributed by atoms with Gasteiger partial charge in [0.2, 0.25) is 0 Å². The minimum atomic E-state index is -3.94. The van der Waals surface area contributed by atoms with Crippen LogP contribution in [0.2, 0.25) is 0 Å². The van der Waals surface area contributed by atoms with E-state index in [0.717, 1.165) is 5.56 Å². The highest BCUT2D eigenvalue weighted by Crippen LogP contribution is 2.31. The van der Waals surface area contributed by atoms with E-state index in [-0.39, 0.29) is 16.4 Å². The fourth-order valence-corrected chi connectivity index (χ4v) is 2.72. The molecule has 2 aromatic carbocycles. The number of phenolic OH excluding ortho intramolecular Hbond substituents is 1. The van der Waals surface area contributed by atoms with Gasteiger partial charge in [0.25, 0.3) is 0 Å². The molecule has 0 saturated heterocycles. The molecule has 2 aromatic rings. The summed E-state index contributed by atoms with van der Waals surface area (Å²) in [4.78, 5) is 0.0421. The Kier molecular flexibility index (Phi) is 3.82. The molecule has 0 saturated carbocycles. The van der Waals surface area contributed by atoms with Gasteiger partial charge < -0.3 is 9.29 Å². The Morgan fingerprint density at radius 3 is 2.32 bits per heavy atom. The molecule has 0 unspecified atom stereocenters. The molecule has 0 aliphatic heterocycles. The molecular weight excluding hydrogens is 332 g/mol. The van der Waals surface area contributed by atoms with Gasteiger partial charge in [-0.25, -0.2) is 0 Å². The molecule has 0 heterocycles. The van der Waals surface area contributed by atoms with E-state index in [1.54, 1.807) is 18.2 Å². The van der Waals surface area contributed by atoms with Gasteiger partial charge in [0, 0.05) is 4.47 Å². The second-order valence-corrected chi connectivity index (χ2v) is 6.42. The Morgan fingerprint density at radius 2 is 1.74 bits per heavy atom. The van der Waals surface area contributed by atoms with E-state index >= 15 is 0 Å². The summed E-state index contributed by atoms with van der Waals surface area (Å²) < 4.78 is 29.6. The van der Waals surface area contributed by atoms with Crippen LogP contribution in [0.1, 0.15) is 5.56 Å². The summed E-state index contributed by atoms with van der Waals surface area (Å²) in [6.07, 6.45) is 0. The summed E-state index contributed by atoms with van der Waals surface area (Å²) >= 11 is 3.16. The Balaban J connectivity index is 2.33. The van der Waals surface area contributed by atoms with Gasteiger partial charge in [-0.15, -0.1) is 0 Å². The van der Waals surface area contributed by atoms with Crippen molar-refractivity contribution in [3.63, 3.8) is 0 Å². The quantitative estimate of drug-likeness (QED) is 0.869. The van der Waals surface area contributed by atoms with Crippen molar-refractivity contribution in [3.8, 4) is 11.5 Å². The molecule has 2 rings (SSSR count). The van der Waals surface area contributed by atoms with Gasteiger partial charge in [0.15, 0.2) is 11.5 Å². The van der Waals surface area contributed by atoms with Crippen molar-refractivity contribution < 1.29 is 17.7 Å². The van der Waals surface area contributed by atoms with E-state index in [4.69, 9.17) is 4.18 Å². The lowest BCUT2D eigenvalue weighted by Gasteiger charge is -2.08. The Morgan fingerprint density at radius 1 is 1.11 bits per heavy atom. The van der Waals surface area contributed by atoms with Crippen LogP contribution in [0.4, 0.5) is 0 Å². The average molecular weight is 343 g/mol. The smallest absolute Gasteiger partial charge is 0.339 e. The second-order valence-electron chi connectivity index (χ2n) is 3.96. The molecule has 6 heteroatoms. The Bertz CT molecular complexity index is 693. The maximum atomic E-state index is 12.0. The SMILES string of the molecule is Cc1ccc(S(=O)(=O)Oc2ccc(Br)cc2O)cc1. The van der Waals surface area contributed by atoms with Gasteiger partial charge in [-0.3, -0.25) is 0 Å². The number of halogens is 1. The standard InChI is InChI=1S/C13H11BrO4S/c1-9-2-5-11(6-3-9)19(16,17)18-13-7-4-10(14)8-12(13)15/h2-8,15H,1H3. The summed E-state index contributed by atoms with van der Waals surface area (Å²) in [5.74, 6) is -0.353. The molecule has 0 spiro atoms. The molecule has 0 aliphatic carbocycles. The van der Waals surface area contributed by atoms with E-state index in [9.17, 15) is 13.5 Å². The number of benzene rings is 2. The highest BCUT2D eigenvalue weighted by Gasteiger charge is 2.18. The van der Waals surface area contributed by atoms with Gasteiger partial charge in [0.1, 0.15) is 4.90 Å². The van der Waals surface area contributed by atoms with Crippen LogP contribution in [0.15, 0.2) is 51.8 Å². The van der Waals surface area contributed by atoms with Crippen LogP contribution in [0.5, 0.6) is 11.5 Å². The molecule has 0 aliphatic rings. The summed E-state index contributed by atoms with van der Waals surface area (Å²) in [7, 11) is -3.94. The van der Waals surface area contributed by atoms with E-state index in [0.29, 0.717) is 4.47 Å². The molecular formula is C13H11BrO4S. The first-order valence-electron chi connectivity index (χ1n) is 5.38. The maximum Gasteiger partial charge on any atom is 0.339 e. The minimum Gasteiger partial charge on any atom is -0.504 e. The van der Waals surface area contributed by atoms with Crippen molar-refractivity contribution in [1.29, 1.82) is 0 Å². The molecule has 0 amide bonds. The van der Waals surface area contributed by atoms with E-state index in [1.807, 2.05) is 6.92 Å². The lowest BCUT2D eigenvalue weighted by Crippen LogP contribution is -2.09. The molecule has 0 atom stereocenters. The van der Waals surface area contributed by atoms with Crippen molar-refractivity contribution >= 4 is 26.0 Å². The zero-order valence-corrected chi connectivity index (χ0v) is 12.4. The summed E-state index contributed by atoms with van der Waals surface area (Å²) in [6.45, 7) is 1.86. The first-order valence-corrected chi connectivity index (χ1v) is 7.58. The monoisotopic (exact) mass is 342 g/mol. The van der Waals surface area contributed by atoms with Crippen LogP contribution in [-0.4, -0.2) is 13.5 Å². The minimum absolute atomic E-state index is 0.0421. The molecule has 0 fully saturated rings. The van der Waals surface area contributed by atoms with Crippen LogP contribution in [-0.2, 0) is 10.1 Å². The fourth-order valence-electron chi connectivity index (χ4n) is 1.43. The third-order valence-corrected chi connectivity index (χ3v) is 4.17. The second kappa shape index (κ2) is 5.22. The summed E-state index contributed by atoms with van der Waals surface area (Å²) in [6, 6.07) is 10.6. The van der Waals surface area contributed by atoms with Crippen molar-refractivity contribution in [3.05, 3.63) is 52.5 Å².